The molecule has 0 saturated carbocycles. The molecule has 0 aromatic rings. The van der Waals surface area contributed by atoms with Crippen LogP contribution in [0.2, 0.25) is 0 Å². The summed E-state index contributed by atoms with van der Waals surface area (Å²) in [7, 11) is -10.9. The van der Waals surface area contributed by atoms with Crippen LogP contribution in [0.3, 0.4) is 0 Å². The first kappa shape index (κ1) is 127. The van der Waals surface area contributed by atoms with Crippen LogP contribution >= 0.6 is 22.8 Å². The zero-order chi connectivity index (χ0) is 87.7. The Morgan fingerprint density at radius 3 is 0.380 bits per heavy atom. The maximum Gasteiger partial charge on any atom is 3.00 e. The second-order valence-electron chi connectivity index (χ2n) is 36.1. The van der Waals surface area contributed by atoms with E-state index in [4.69, 9.17) is 13.6 Å². The van der Waals surface area contributed by atoms with Gasteiger partial charge in [0.15, 0.2) is 0 Å². The van der Waals surface area contributed by atoms with Gasteiger partial charge < -0.3 is 41.9 Å². The third-order valence-corrected chi connectivity index (χ3v) is 28.0. The topological polar surface area (TPSA) is 148 Å². The van der Waals surface area contributed by atoms with Gasteiger partial charge in [-0.15, -0.1) is 0 Å². The van der Waals surface area contributed by atoms with Crippen LogP contribution in [0.1, 0.15) is 581 Å². The van der Waals surface area contributed by atoms with Crippen LogP contribution in [0.15, 0.2) is 72.9 Å². The minimum Gasteiger partial charge on any atom is -0.778 e. The van der Waals surface area contributed by atoms with Crippen molar-refractivity contribution in [2.75, 3.05) is 38.3 Å². The molecular weight excluding hydrogens is 1590 g/mol. The fraction of sp³-hybridized carbons (Fsp3) is 0.889. The fourth-order valence-corrected chi connectivity index (χ4v) is 19.0. The van der Waals surface area contributed by atoms with Crippen molar-refractivity contribution in [1.29, 1.82) is 0 Å². The van der Waals surface area contributed by atoms with Crippen LogP contribution in [0.4, 0.5) is 0 Å². The summed E-state index contributed by atoms with van der Waals surface area (Å²) in [6, 6.07) is 0. The molecule has 0 aliphatic heterocycles. The number of unbranched alkanes of at least 4 members (excludes halogenated alkanes) is 72. The predicted molar refractivity (Wildman–Crippen MR) is 532 cm³/mol. The molecule has 0 aromatic heterocycles. The van der Waals surface area contributed by atoms with Crippen molar-refractivity contribution in [2.24, 2.45) is 0 Å². The average Bonchev–Trinajstić information content (AvgIpc) is 0.951. The zero-order valence-corrected chi connectivity index (χ0v) is 85.6. The van der Waals surface area contributed by atoms with E-state index in [1.54, 1.807) is 0 Å². The summed E-state index contributed by atoms with van der Waals surface area (Å²) in [4.78, 5) is 36.4. The Hall–Kier alpha value is -0.604. The van der Waals surface area contributed by atoms with Crippen LogP contribution in [0, 0.1) is 0 Å². The molecule has 9 nitrogen and oxygen atoms in total. The van der Waals surface area contributed by atoms with E-state index in [-0.39, 0.29) is 35.3 Å². The number of allylic oxidation sites excluding steroid dienone is 12. The normalized spacial score (nSPS) is 13.5. The molecule has 720 valence electrons. The van der Waals surface area contributed by atoms with E-state index in [0.717, 1.165) is 96.3 Å². The Labute approximate surface area is 768 Å². The maximum atomic E-state index is 12.1. The van der Waals surface area contributed by atoms with Crippen LogP contribution in [-0.4, -0.2) is 38.3 Å². The van der Waals surface area contributed by atoms with Crippen LogP contribution in [0.5, 0.6) is 0 Å². The van der Waals surface area contributed by atoms with Gasteiger partial charge in [-0.3, -0.25) is 0 Å². The second-order valence-corrected chi connectivity index (χ2v) is 41.9. The quantitative estimate of drug-likeness (QED) is 0.0330. The van der Waals surface area contributed by atoms with Gasteiger partial charge in [-0.25, -0.2) is 0 Å². The van der Waals surface area contributed by atoms with Gasteiger partial charge in [0.1, 0.15) is 22.8 Å². The standard InChI is InChI=1S/3C36H71O3P.Co/c3*1-3-5-7-9-11-13-15-17-19-21-23-25-27-29-31-33-35-39-40(37,38)36-34-32-30-28-26-24-22-20-18-16-14-12-10-8-6-4-2;/h3*17-20H,3-16,21-36H2,1-2H3,(H,37,38);/q;;;+3/p-3/b3*19-17-,20-18-;. The van der Waals surface area contributed by atoms with E-state index in [1.807, 2.05) is 0 Å². The molecule has 0 fully saturated rings. The van der Waals surface area contributed by atoms with Crippen molar-refractivity contribution in [3.63, 3.8) is 0 Å². The van der Waals surface area contributed by atoms with Gasteiger partial charge in [-0.05, 0) is 193 Å². The van der Waals surface area contributed by atoms with Gasteiger partial charge >= 0.3 is 16.8 Å². The summed E-state index contributed by atoms with van der Waals surface area (Å²) in [6.45, 7) is 14.7. The second kappa shape index (κ2) is 112. The fourth-order valence-electron chi connectivity index (χ4n) is 15.5. The van der Waals surface area contributed by atoms with E-state index in [1.165, 1.54) is 443 Å². The first-order valence-corrected chi connectivity index (χ1v) is 58.8. The van der Waals surface area contributed by atoms with E-state index >= 15 is 0 Å². The van der Waals surface area contributed by atoms with Crippen molar-refractivity contribution in [3.05, 3.63) is 72.9 Å². The molecule has 121 heavy (non-hydrogen) atoms. The summed E-state index contributed by atoms with van der Waals surface area (Å²) in [5.74, 6) is 0. The Morgan fingerprint density at radius 1 is 0.157 bits per heavy atom. The third kappa shape index (κ3) is 121. The molecular formula is C108H210CoO9P3. The van der Waals surface area contributed by atoms with Gasteiger partial charge in [-0.1, -0.05) is 461 Å². The van der Waals surface area contributed by atoms with Crippen molar-refractivity contribution in [1.82, 2.24) is 0 Å². The SMILES string of the molecule is CCCCCCCC/C=C\CCCCCCCCOP(=O)([O-])CCCCCCCC/C=C\CCCCCCCC.CCCCCCCC/C=C\CCCCCCCCOP(=O)([O-])CCCCCCCC/C=C\CCCCCCCC.CCCCCCCC/C=C\CCCCCCCCOP(=O)([O-])CCCCCCCC/C=C\CCCCCCCC.[Co+3]. The zero-order valence-electron chi connectivity index (χ0n) is 81.9. The molecule has 0 amide bonds. The number of hydrogen-bond acceptors (Lipinski definition) is 9. The van der Waals surface area contributed by atoms with E-state index in [0.29, 0.717) is 19.8 Å². The van der Waals surface area contributed by atoms with E-state index in [2.05, 4.69) is 114 Å². The summed E-state index contributed by atoms with van der Waals surface area (Å²) in [5, 5.41) is 0. The molecule has 0 spiro atoms. The van der Waals surface area contributed by atoms with Crippen molar-refractivity contribution < 1.29 is 58.7 Å². The minimum absolute atomic E-state index is 0. The number of rotatable bonds is 99. The molecule has 0 aromatic carbocycles. The van der Waals surface area contributed by atoms with Crippen molar-refractivity contribution in [3.8, 4) is 0 Å². The molecule has 0 heterocycles. The Morgan fingerprint density at radius 2 is 0.256 bits per heavy atom. The molecule has 0 aliphatic carbocycles. The molecule has 13 heteroatoms. The Bertz CT molecular complexity index is 2010. The summed E-state index contributed by atoms with van der Waals surface area (Å²) < 4.78 is 52.2. The molecule has 0 rings (SSSR count). The average molecular weight is 1800 g/mol. The summed E-state index contributed by atoms with van der Waals surface area (Å²) >= 11 is 0. The van der Waals surface area contributed by atoms with Crippen LogP contribution < -0.4 is 14.7 Å². The largest absolute Gasteiger partial charge is 3.00 e. The number of hydrogen-bond donors (Lipinski definition) is 0. The molecule has 3 atom stereocenters. The van der Waals surface area contributed by atoms with Crippen LogP contribution in [0.25, 0.3) is 0 Å². The van der Waals surface area contributed by atoms with Crippen LogP contribution in [-0.2, 0) is 44.0 Å². The van der Waals surface area contributed by atoms with Gasteiger partial charge in [0.2, 0.25) is 0 Å². The summed E-state index contributed by atoms with van der Waals surface area (Å²) in [5.41, 5.74) is 0. The maximum absolute atomic E-state index is 12.1. The van der Waals surface area contributed by atoms with Crippen molar-refractivity contribution in [2.45, 2.75) is 581 Å². The van der Waals surface area contributed by atoms with Gasteiger partial charge in [0.05, 0.1) is 19.8 Å². The molecule has 3 unspecified atom stereocenters. The van der Waals surface area contributed by atoms with Gasteiger partial charge in [-0.2, -0.15) is 0 Å². The molecule has 0 bridgehead atoms. The van der Waals surface area contributed by atoms with E-state index < -0.39 is 22.8 Å². The predicted octanol–water partition coefficient (Wildman–Crippen LogP) is 37.9. The molecule has 0 saturated heterocycles. The monoisotopic (exact) mass is 1800 g/mol. The van der Waals surface area contributed by atoms with Gasteiger partial charge in [0, 0.05) is 18.5 Å². The van der Waals surface area contributed by atoms with Gasteiger partial charge in [0.25, 0.3) is 0 Å². The molecule has 0 aliphatic rings. The third-order valence-electron chi connectivity index (χ3n) is 23.7. The molecule has 0 radical (unpaired) electrons. The minimum atomic E-state index is -3.64. The van der Waals surface area contributed by atoms with Crippen molar-refractivity contribution >= 4 is 22.8 Å². The first-order chi connectivity index (χ1) is 58.9. The first-order valence-electron chi connectivity index (χ1n) is 53.6. The smallest absolute Gasteiger partial charge is 0.778 e. The Balaban J connectivity index is -0.000000845. The van der Waals surface area contributed by atoms with E-state index in [9.17, 15) is 28.4 Å². The summed E-state index contributed by atoms with van der Waals surface area (Å²) in [6.07, 6.45) is 134. The Kier molecular flexibility index (Phi) is 117. The molecule has 0 N–H and O–H groups in total.